The third-order valence-corrected chi connectivity index (χ3v) is 11.6. The highest BCUT2D eigenvalue weighted by Crippen LogP contribution is 2.48. The summed E-state index contributed by atoms with van der Waals surface area (Å²) in [5, 5.41) is 0. The molecule has 0 nitrogen and oxygen atoms in total. The van der Waals surface area contributed by atoms with Gasteiger partial charge < -0.3 is 0 Å². The Bertz CT molecular complexity index is 2090. The Balaban J connectivity index is 1.95. The third kappa shape index (κ3) is 10.0. The average Bonchev–Trinajstić information content (AvgIpc) is 3.08. The van der Waals surface area contributed by atoms with Crippen molar-refractivity contribution in [3.05, 3.63) is 130 Å². The predicted molar refractivity (Wildman–Crippen MR) is 245 cm³/mol. The minimum atomic E-state index is -4.56. The van der Waals surface area contributed by atoms with Crippen LogP contribution in [0.5, 0.6) is 0 Å². The van der Waals surface area contributed by atoms with Crippen molar-refractivity contribution >= 4 is 0 Å². The number of alkyl halides is 3. The van der Waals surface area contributed by atoms with Crippen molar-refractivity contribution in [3.63, 3.8) is 0 Å². The topological polar surface area (TPSA) is 0 Å². The number of rotatable bonds is 4. The summed E-state index contributed by atoms with van der Waals surface area (Å²) in [5.74, 6) is 0. The van der Waals surface area contributed by atoms with E-state index in [0.717, 1.165) is 55.6 Å². The van der Waals surface area contributed by atoms with E-state index in [1.54, 1.807) is 0 Å². The van der Waals surface area contributed by atoms with Crippen molar-refractivity contribution in [3.8, 4) is 44.5 Å². The lowest BCUT2D eigenvalue weighted by Crippen LogP contribution is -2.17. The molecule has 0 heterocycles. The Morgan fingerprint density at radius 2 is 0.500 bits per heavy atom. The van der Waals surface area contributed by atoms with Gasteiger partial charge in [0, 0.05) is 0 Å². The van der Waals surface area contributed by atoms with Crippen LogP contribution in [0.25, 0.3) is 44.5 Å². The zero-order valence-corrected chi connectivity index (χ0v) is 38.8. The predicted octanol–water partition coefficient (Wildman–Crippen LogP) is 17.2. The van der Waals surface area contributed by atoms with E-state index >= 15 is 13.2 Å². The molecule has 0 unspecified atom stereocenters. The summed E-state index contributed by atoms with van der Waals surface area (Å²) in [4.78, 5) is 0. The van der Waals surface area contributed by atoms with E-state index in [0.29, 0.717) is 11.1 Å². The number of hydrogen-bond donors (Lipinski definition) is 0. The molecule has 58 heavy (non-hydrogen) atoms. The molecule has 0 fully saturated rings. The monoisotopic (exact) mass is 787 g/mol. The van der Waals surface area contributed by atoms with Gasteiger partial charge in [-0.1, -0.05) is 203 Å². The number of hydrogen-bond acceptors (Lipinski definition) is 0. The fraction of sp³-hybridized carbons (Fsp3) is 0.455. The minimum Gasteiger partial charge on any atom is -0.166 e. The lowest BCUT2D eigenvalue weighted by atomic mass is 9.76. The maximum absolute atomic E-state index is 15.3. The Kier molecular flexibility index (Phi) is 11.5. The summed E-state index contributed by atoms with van der Waals surface area (Å²) < 4.78 is 45.8. The molecule has 0 saturated carbocycles. The number of benzene rings is 5. The van der Waals surface area contributed by atoms with Crippen LogP contribution in [-0.2, 0) is 38.7 Å². The van der Waals surface area contributed by atoms with E-state index < -0.39 is 11.7 Å². The van der Waals surface area contributed by atoms with Crippen molar-refractivity contribution in [2.75, 3.05) is 0 Å². The lowest BCUT2D eigenvalue weighted by molar-refractivity contribution is -0.137. The molecule has 310 valence electrons. The smallest absolute Gasteiger partial charge is 0.166 e. The maximum atomic E-state index is 15.3. The van der Waals surface area contributed by atoms with Gasteiger partial charge in [0.25, 0.3) is 0 Å². The van der Waals surface area contributed by atoms with Gasteiger partial charge in [-0.25, -0.2) is 0 Å². The molecule has 0 aliphatic rings. The summed E-state index contributed by atoms with van der Waals surface area (Å²) in [6, 6.07) is 31.1. The largest absolute Gasteiger partial charge is 0.416 e. The Morgan fingerprint density at radius 3 is 0.741 bits per heavy atom. The molecule has 5 aromatic carbocycles. The Morgan fingerprint density at radius 1 is 0.259 bits per heavy atom. The molecule has 0 amide bonds. The minimum absolute atomic E-state index is 0.0407. The van der Waals surface area contributed by atoms with Crippen LogP contribution in [0, 0.1) is 0 Å². The van der Waals surface area contributed by atoms with E-state index in [1.807, 2.05) is 0 Å². The van der Waals surface area contributed by atoms with E-state index in [1.165, 1.54) is 23.3 Å². The van der Waals surface area contributed by atoms with E-state index in [4.69, 9.17) is 0 Å². The number of halogens is 3. The molecule has 0 aromatic heterocycles. The molecule has 5 rings (SSSR count). The molecule has 0 radical (unpaired) electrons. The first kappa shape index (κ1) is 45.0. The molecule has 0 saturated heterocycles. The summed E-state index contributed by atoms with van der Waals surface area (Å²) in [6.07, 6.45) is -4.56. The summed E-state index contributed by atoms with van der Waals surface area (Å²) in [6.45, 7) is 39.5. The zero-order valence-electron chi connectivity index (χ0n) is 38.8. The first-order valence-corrected chi connectivity index (χ1v) is 21.0. The van der Waals surface area contributed by atoms with Crippen molar-refractivity contribution in [1.29, 1.82) is 0 Å². The first-order valence-electron chi connectivity index (χ1n) is 21.0. The van der Waals surface area contributed by atoms with E-state index in [-0.39, 0.29) is 32.5 Å². The molecular weight excluding hydrogens is 718 g/mol. The highest BCUT2D eigenvalue weighted by atomic mass is 19.4. The van der Waals surface area contributed by atoms with Gasteiger partial charge >= 0.3 is 6.18 Å². The molecule has 0 atom stereocenters. The summed E-state index contributed by atoms with van der Waals surface area (Å²) >= 11 is 0. The Hall–Kier alpha value is -4.11. The van der Waals surface area contributed by atoms with Gasteiger partial charge in [-0.3, -0.25) is 0 Å². The first-order chi connectivity index (χ1) is 26.1. The van der Waals surface area contributed by atoms with Crippen LogP contribution < -0.4 is 0 Å². The molecule has 0 N–H and O–H groups in total. The quantitative estimate of drug-likeness (QED) is 0.170. The second kappa shape index (κ2) is 14.9. The zero-order chi connectivity index (χ0) is 43.8. The molecule has 0 spiro atoms. The molecule has 0 bridgehead atoms. The van der Waals surface area contributed by atoms with Crippen molar-refractivity contribution in [1.82, 2.24) is 0 Å². The van der Waals surface area contributed by atoms with E-state index in [2.05, 4.69) is 203 Å². The van der Waals surface area contributed by atoms with Crippen molar-refractivity contribution in [2.45, 2.75) is 163 Å². The van der Waals surface area contributed by atoms with Crippen molar-refractivity contribution in [2.24, 2.45) is 0 Å². The highest BCUT2D eigenvalue weighted by Gasteiger charge is 2.34. The van der Waals surface area contributed by atoms with Crippen LogP contribution in [0.4, 0.5) is 13.2 Å². The molecular formula is C55H69F3. The highest BCUT2D eigenvalue weighted by molar-refractivity contribution is 5.96. The summed E-state index contributed by atoms with van der Waals surface area (Å²) in [7, 11) is 0. The third-order valence-electron chi connectivity index (χ3n) is 11.6. The standard InChI is InChI=1S/C55H69F3/c1-49(2,3)39-23-36(24-40(29-39)50(4,5)6)34-19-21-35(22-20-34)48-46(37-25-41(51(7,8)9)30-42(26-37)52(10,11)12)32-45(55(56,57)58)33-47(48)38-27-43(53(13,14)15)31-44(28-38)54(16,17)18/h19-33H,1-18H3. The van der Waals surface area contributed by atoms with Crippen LogP contribution in [0.1, 0.15) is 164 Å². The fourth-order valence-corrected chi connectivity index (χ4v) is 7.36. The van der Waals surface area contributed by atoms with Gasteiger partial charge in [-0.2, -0.15) is 13.2 Å². The van der Waals surface area contributed by atoms with Crippen LogP contribution in [-0.4, -0.2) is 0 Å². The van der Waals surface area contributed by atoms with Gasteiger partial charge in [-0.05, 0) is 123 Å². The normalized spacial score (nSPS) is 13.6. The fourth-order valence-electron chi connectivity index (χ4n) is 7.36. The molecule has 0 aliphatic heterocycles. The Labute approximate surface area is 349 Å². The van der Waals surface area contributed by atoms with Crippen molar-refractivity contribution < 1.29 is 13.2 Å². The molecule has 3 heteroatoms. The van der Waals surface area contributed by atoms with E-state index in [9.17, 15) is 0 Å². The van der Waals surface area contributed by atoms with Gasteiger partial charge in [0.15, 0.2) is 0 Å². The average molecular weight is 787 g/mol. The lowest BCUT2D eigenvalue weighted by Gasteiger charge is -2.29. The van der Waals surface area contributed by atoms with Gasteiger partial charge in [-0.15, -0.1) is 0 Å². The molecule has 5 aromatic rings. The van der Waals surface area contributed by atoms with Gasteiger partial charge in [0.05, 0.1) is 5.56 Å². The van der Waals surface area contributed by atoms with Crippen LogP contribution in [0.2, 0.25) is 0 Å². The maximum Gasteiger partial charge on any atom is 0.416 e. The van der Waals surface area contributed by atoms with Crippen LogP contribution >= 0.6 is 0 Å². The SMILES string of the molecule is CC(C)(C)c1cc(-c2ccc(-c3c(-c4cc(C(C)(C)C)cc(C(C)(C)C)c4)cc(C(F)(F)F)cc3-c3cc(C(C)(C)C)cc(C(C)(C)C)c3)cc2)cc(C(C)(C)C)c1. The second-order valence-electron chi connectivity index (χ2n) is 22.9. The second-order valence-corrected chi connectivity index (χ2v) is 22.9. The summed E-state index contributed by atoms with van der Waals surface area (Å²) in [5.41, 5.74) is 11.9. The van der Waals surface area contributed by atoms with Crippen LogP contribution in [0.3, 0.4) is 0 Å². The van der Waals surface area contributed by atoms with Gasteiger partial charge in [0.1, 0.15) is 0 Å². The van der Waals surface area contributed by atoms with Crippen LogP contribution in [0.15, 0.2) is 91.0 Å². The van der Waals surface area contributed by atoms with Gasteiger partial charge in [0.2, 0.25) is 0 Å². The molecule has 0 aliphatic carbocycles.